The maximum atomic E-state index is 4.59. The van der Waals surface area contributed by atoms with Gasteiger partial charge in [0, 0.05) is 25.2 Å². The van der Waals surface area contributed by atoms with E-state index in [9.17, 15) is 0 Å². The van der Waals surface area contributed by atoms with Crippen LogP contribution in [0.1, 0.15) is 32.6 Å². The Morgan fingerprint density at radius 2 is 2.17 bits per heavy atom. The Kier molecular flexibility index (Phi) is 2.07. The highest BCUT2D eigenvalue weighted by Crippen LogP contribution is 2.45. The summed E-state index contributed by atoms with van der Waals surface area (Å²) in [4.78, 5) is 0. The lowest BCUT2D eigenvalue weighted by Crippen LogP contribution is -2.30. The van der Waals surface area contributed by atoms with Gasteiger partial charge in [0.15, 0.2) is 0 Å². The minimum absolute atomic E-state index is 0.874. The van der Waals surface area contributed by atoms with E-state index in [1.165, 1.54) is 31.4 Å². The fraction of sp³-hybridized carbons (Fsp3) is 0.900. The SMILES string of the molecule is CCN(C)/N=C1/CCC1C1CC1. The van der Waals surface area contributed by atoms with Crippen LogP contribution in [0.15, 0.2) is 5.10 Å². The lowest BCUT2D eigenvalue weighted by molar-refractivity contribution is 0.356. The molecule has 2 fully saturated rings. The van der Waals surface area contributed by atoms with E-state index in [0.717, 1.165) is 18.4 Å². The van der Waals surface area contributed by atoms with Crippen molar-refractivity contribution in [3.05, 3.63) is 0 Å². The van der Waals surface area contributed by atoms with E-state index < -0.39 is 0 Å². The Hall–Kier alpha value is -0.530. The number of hydrogen-bond donors (Lipinski definition) is 0. The first-order valence-corrected chi connectivity index (χ1v) is 5.09. The number of rotatable bonds is 3. The molecule has 0 radical (unpaired) electrons. The van der Waals surface area contributed by atoms with Crippen LogP contribution in [0.25, 0.3) is 0 Å². The van der Waals surface area contributed by atoms with Crippen LogP contribution in [-0.4, -0.2) is 24.3 Å². The van der Waals surface area contributed by atoms with Gasteiger partial charge in [0.1, 0.15) is 0 Å². The van der Waals surface area contributed by atoms with Crippen molar-refractivity contribution < 1.29 is 0 Å². The van der Waals surface area contributed by atoms with E-state index in [0.29, 0.717) is 0 Å². The lowest BCUT2D eigenvalue weighted by Gasteiger charge is -2.29. The summed E-state index contributed by atoms with van der Waals surface area (Å²) >= 11 is 0. The van der Waals surface area contributed by atoms with Crippen LogP contribution in [0, 0.1) is 11.8 Å². The van der Waals surface area contributed by atoms with Crippen LogP contribution in [0.5, 0.6) is 0 Å². The highest BCUT2D eigenvalue weighted by Gasteiger charge is 2.39. The molecule has 0 aromatic carbocycles. The molecule has 0 aliphatic heterocycles. The second kappa shape index (κ2) is 3.08. The normalized spacial score (nSPS) is 31.8. The number of nitrogens with zero attached hydrogens (tertiary/aromatic N) is 2. The van der Waals surface area contributed by atoms with Gasteiger partial charge in [-0.1, -0.05) is 0 Å². The molecule has 0 aromatic heterocycles. The van der Waals surface area contributed by atoms with Crippen LogP contribution in [0.4, 0.5) is 0 Å². The van der Waals surface area contributed by atoms with E-state index in [4.69, 9.17) is 0 Å². The molecule has 1 atom stereocenters. The van der Waals surface area contributed by atoms with Gasteiger partial charge in [-0.15, -0.1) is 0 Å². The number of hydrazone groups is 1. The Bertz CT molecular complexity index is 194. The van der Waals surface area contributed by atoms with Gasteiger partial charge in [0.05, 0.1) is 0 Å². The van der Waals surface area contributed by atoms with Crippen LogP contribution in [0.3, 0.4) is 0 Å². The Morgan fingerprint density at radius 3 is 2.58 bits per heavy atom. The molecule has 2 rings (SSSR count). The van der Waals surface area contributed by atoms with E-state index in [1.54, 1.807) is 0 Å². The highest BCUT2D eigenvalue weighted by molar-refractivity contribution is 5.92. The molecule has 1 unspecified atom stereocenters. The van der Waals surface area contributed by atoms with Crippen LogP contribution >= 0.6 is 0 Å². The van der Waals surface area contributed by atoms with Gasteiger partial charge in [-0.3, -0.25) is 0 Å². The topological polar surface area (TPSA) is 15.6 Å². The van der Waals surface area contributed by atoms with Gasteiger partial charge < -0.3 is 5.01 Å². The summed E-state index contributed by atoms with van der Waals surface area (Å²) < 4.78 is 0. The van der Waals surface area contributed by atoms with Gasteiger partial charge in [-0.05, 0) is 38.5 Å². The molecule has 0 aromatic rings. The second-order valence-corrected chi connectivity index (χ2v) is 4.05. The third kappa shape index (κ3) is 1.47. The third-order valence-electron chi connectivity index (χ3n) is 3.09. The molecular weight excluding hydrogens is 148 g/mol. The zero-order chi connectivity index (χ0) is 8.55. The fourth-order valence-electron chi connectivity index (χ4n) is 1.86. The summed E-state index contributed by atoms with van der Waals surface area (Å²) in [5.74, 6) is 1.89. The summed E-state index contributed by atoms with van der Waals surface area (Å²) in [5, 5.41) is 6.65. The summed E-state index contributed by atoms with van der Waals surface area (Å²) in [7, 11) is 2.06. The molecule has 12 heavy (non-hydrogen) atoms. The van der Waals surface area contributed by atoms with Gasteiger partial charge in [-0.2, -0.15) is 5.10 Å². The van der Waals surface area contributed by atoms with Crippen LogP contribution < -0.4 is 0 Å². The van der Waals surface area contributed by atoms with Crippen LogP contribution in [0.2, 0.25) is 0 Å². The van der Waals surface area contributed by atoms with Crippen molar-refractivity contribution in [3.8, 4) is 0 Å². The summed E-state index contributed by atoms with van der Waals surface area (Å²) in [6.07, 6.45) is 5.58. The van der Waals surface area contributed by atoms with E-state index >= 15 is 0 Å². The predicted octanol–water partition coefficient (Wildman–Crippen LogP) is 2.11. The maximum Gasteiger partial charge on any atom is 0.0414 e. The van der Waals surface area contributed by atoms with Gasteiger partial charge in [0.2, 0.25) is 0 Å². The molecular formula is C10H18N2. The average Bonchev–Trinajstić information content (AvgIpc) is 2.81. The minimum Gasteiger partial charge on any atom is -0.300 e. The maximum absolute atomic E-state index is 4.59. The first kappa shape index (κ1) is 8.09. The second-order valence-electron chi connectivity index (χ2n) is 4.05. The van der Waals surface area contributed by atoms with Gasteiger partial charge in [-0.25, -0.2) is 0 Å². The Morgan fingerprint density at radius 1 is 1.42 bits per heavy atom. The zero-order valence-corrected chi connectivity index (χ0v) is 8.08. The molecule has 0 spiro atoms. The third-order valence-corrected chi connectivity index (χ3v) is 3.09. The molecule has 0 amide bonds. The summed E-state index contributed by atoms with van der Waals surface area (Å²) in [6, 6.07) is 0. The van der Waals surface area contributed by atoms with Crippen molar-refractivity contribution in [2.75, 3.05) is 13.6 Å². The van der Waals surface area contributed by atoms with E-state index in [1.807, 2.05) is 0 Å². The average molecular weight is 166 g/mol. The van der Waals surface area contributed by atoms with Crippen molar-refractivity contribution in [1.82, 2.24) is 5.01 Å². The molecule has 2 aliphatic carbocycles. The number of hydrogen-bond acceptors (Lipinski definition) is 2. The van der Waals surface area contributed by atoms with Crippen molar-refractivity contribution in [2.45, 2.75) is 32.6 Å². The van der Waals surface area contributed by atoms with Crippen LogP contribution in [-0.2, 0) is 0 Å². The Balaban J connectivity index is 1.90. The van der Waals surface area contributed by atoms with Gasteiger partial charge in [0.25, 0.3) is 0 Å². The molecule has 0 bridgehead atoms. The molecule has 0 saturated heterocycles. The predicted molar refractivity (Wildman–Crippen MR) is 51.2 cm³/mol. The molecule has 2 aliphatic rings. The molecule has 2 nitrogen and oxygen atoms in total. The largest absolute Gasteiger partial charge is 0.300 e. The standard InChI is InChI=1S/C10H18N2/c1-3-12(2)11-10-7-6-9(10)8-4-5-8/h8-9H,3-7H2,1-2H3/b11-10-. The quantitative estimate of drug-likeness (QED) is 0.586. The molecule has 0 N–H and O–H groups in total. The monoisotopic (exact) mass is 166 g/mol. The summed E-state index contributed by atoms with van der Waals surface area (Å²) in [6.45, 7) is 3.18. The Labute approximate surface area is 74.6 Å². The first-order chi connectivity index (χ1) is 5.81. The summed E-state index contributed by atoms with van der Waals surface area (Å²) in [5.41, 5.74) is 1.47. The molecule has 68 valence electrons. The van der Waals surface area contributed by atoms with Crippen molar-refractivity contribution in [3.63, 3.8) is 0 Å². The first-order valence-electron chi connectivity index (χ1n) is 5.09. The lowest BCUT2D eigenvalue weighted by atomic mass is 9.79. The van der Waals surface area contributed by atoms with Gasteiger partial charge >= 0.3 is 0 Å². The fourth-order valence-corrected chi connectivity index (χ4v) is 1.86. The van der Waals surface area contributed by atoms with E-state index in [-0.39, 0.29) is 0 Å². The van der Waals surface area contributed by atoms with Crippen molar-refractivity contribution in [2.24, 2.45) is 16.9 Å². The van der Waals surface area contributed by atoms with Crippen molar-refractivity contribution in [1.29, 1.82) is 0 Å². The van der Waals surface area contributed by atoms with E-state index in [2.05, 4.69) is 24.1 Å². The molecule has 2 heteroatoms. The molecule has 0 heterocycles. The smallest absolute Gasteiger partial charge is 0.0414 e. The zero-order valence-electron chi connectivity index (χ0n) is 8.08. The highest BCUT2D eigenvalue weighted by atomic mass is 15.4. The minimum atomic E-state index is 0.874. The molecule has 2 saturated carbocycles. The van der Waals surface area contributed by atoms with Crippen molar-refractivity contribution >= 4 is 5.71 Å².